The molecule has 0 unspecified atom stereocenters. The molecule has 29 heavy (non-hydrogen) atoms. The van der Waals surface area contributed by atoms with Crippen molar-refractivity contribution >= 4 is 33.9 Å². The number of anilines is 2. The first-order valence-corrected chi connectivity index (χ1v) is 10.5. The van der Waals surface area contributed by atoms with E-state index >= 15 is 0 Å². The quantitative estimate of drug-likeness (QED) is 0.384. The fraction of sp³-hybridized carbons (Fsp3) is 0.158. The van der Waals surface area contributed by atoms with Gasteiger partial charge in [0.2, 0.25) is 5.13 Å². The summed E-state index contributed by atoms with van der Waals surface area (Å²) in [6, 6.07) is 13.6. The van der Waals surface area contributed by atoms with Crippen molar-refractivity contribution in [3.8, 4) is 17.2 Å². The molecule has 0 saturated heterocycles. The number of benzene rings is 2. The van der Waals surface area contributed by atoms with E-state index in [0.717, 1.165) is 15.8 Å². The number of rotatable bonds is 8. The number of thioether (sulfide) groups is 1. The summed E-state index contributed by atoms with van der Waals surface area (Å²) >= 11 is 2.88. The normalized spacial score (nSPS) is 10.8. The number of hydrogen-bond donors (Lipinski definition) is 1. The smallest absolute Gasteiger partial charge is 0.257 e. The van der Waals surface area contributed by atoms with Crippen LogP contribution in [0.15, 0.2) is 57.4 Å². The summed E-state index contributed by atoms with van der Waals surface area (Å²) in [6.07, 6.45) is 0. The summed E-state index contributed by atoms with van der Waals surface area (Å²) in [6.45, 7) is 2.52. The second-order valence-electron chi connectivity index (χ2n) is 5.74. The van der Waals surface area contributed by atoms with Crippen LogP contribution in [0.25, 0.3) is 11.5 Å². The number of nitrogens with zero attached hydrogens (tertiary/aromatic N) is 4. The highest BCUT2D eigenvalue weighted by atomic mass is 32.2. The molecule has 2 aromatic heterocycles. The molecule has 2 heterocycles. The first kappa shape index (κ1) is 19.3. The van der Waals surface area contributed by atoms with E-state index in [0.29, 0.717) is 34.8 Å². The number of para-hydroxylation sites is 2. The van der Waals surface area contributed by atoms with E-state index in [-0.39, 0.29) is 5.82 Å². The summed E-state index contributed by atoms with van der Waals surface area (Å²) in [4.78, 5) is 4.34. The van der Waals surface area contributed by atoms with E-state index in [2.05, 4.69) is 25.7 Å². The highest BCUT2D eigenvalue weighted by molar-refractivity contribution is 8.00. The highest BCUT2D eigenvalue weighted by Crippen LogP contribution is 2.32. The van der Waals surface area contributed by atoms with Crippen LogP contribution in [0, 0.1) is 5.82 Å². The lowest BCUT2D eigenvalue weighted by atomic mass is 10.2. The Morgan fingerprint density at radius 3 is 2.79 bits per heavy atom. The van der Waals surface area contributed by atoms with Crippen molar-refractivity contribution in [3.63, 3.8) is 0 Å². The zero-order valence-corrected chi connectivity index (χ0v) is 17.0. The second-order valence-corrected chi connectivity index (χ2v) is 7.94. The summed E-state index contributed by atoms with van der Waals surface area (Å²) < 4.78 is 24.6. The third kappa shape index (κ3) is 4.90. The average Bonchev–Trinajstić information content (AvgIpc) is 3.38. The Bertz CT molecular complexity index is 1080. The SMILES string of the molecule is CCOc1ccccc1Nc1nnc(SCc2noc(-c3ccc(F)cc3)n2)s1. The molecule has 0 atom stereocenters. The van der Waals surface area contributed by atoms with Crippen LogP contribution >= 0.6 is 23.1 Å². The molecule has 2 aromatic carbocycles. The number of hydrogen-bond acceptors (Lipinski definition) is 9. The second kappa shape index (κ2) is 9.01. The molecular weight excluding hydrogens is 413 g/mol. The van der Waals surface area contributed by atoms with Gasteiger partial charge in [0.1, 0.15) is 11.6 Å². The van der Waals surface area contributed by atoms with Crippen LogP contribution in [0.4, 0.5) is 15.2 Å². The van der Waals surface area contributed by atoms with E-state index in [9.17, 15) is 4.39 Å². The molecule has 0 amide bonds. The Hall–Kier alpha value is -2.98. The molecule has 4 rings (SSSR count). The van der Waals surface area contributed by atoms with Gasteiger partial charge in [0, 0.05) is 5.56 Å². The highest BCUT2D eigenvalue weighted by Gasteiger charge is 2.12. The molecule has 10 heteroatoms. The van der Waals surface area contributed by atoms with Crippen LogP contribution in [0.3, 0.4) is 0 Å². The predicted octanol–water partition coefficient (Wildman–Crippen LogP) is 5.16. The van der Waals surface area contributed by atoms with Gasteiger partial charge in [-0.25, -0.2) is 4.39 Å². The van der Waals surface area contributed by atoms with Gasteiger partial charge in [-0.3, -0.25) is 0 Å². The van der Waals surface area contributed by atoms with E-state index in [4.69, 9.17) is 9.26 Å². The van der Waals surface area contributed by atoms with Crippen molar-refractivity contribution in [1.29, 1.82) is 0 Å². The van der Waals surface area contributed by atoms with Crippen molar-refractivity contribution < 1.29 is 13.7 Å². The van der Waals surface area contributed by atoms with Gasteiger partial charge in [-0.2, -0.15) is 4.98 Å². The Labute approximate surface area is 174 Å². The summed E-state index contributed by atoms with van der Waals surface area (Å²) in [5.74, 6) is 1.82. The molecule has 1 N–H and O–H groups in total. The van der Waals surface area contributed by atoms with Crippen LogP contribution in [0.1, 0.15) is 12.7 Å². The lowest BCUT2D eigenvalue weighted by Crippen LogP contribution is -1.97. The molecule has 0 spiro atoms. The van der Waals surface area contributed by atoms with Crippen LogP contribution in [-0.2, 0) is 5.75 Å². The average molecular weight is 430 g/mol. The Balaban J connectivity index is 1.37. The van der Waals surface area contributed by atoms with Crippen LogP contribution in [-0.4, -0.2) is 26.9 Å². The Morgan fingerprint density at radius 1 is 1.14 bits per heavy atom. The van der Waals surface area contributed by atoms with Gasteiger partial charge in [-0.15, -0.1) is 10.2 Å². The topological polar surface area (TPSA) is 86.0 Å². The van der Waals surface area contributed by atoms with Gasteiger partial charge >= 0.3 is 0 Å². The molecule has 4 aromatic rings. The standard InChI is InChI=1S/C19H16FN5O2S2/c1-2-26-15-6-4-3-5-14(15)21-18-23-24-19(29-18)28-11-16-22-17(27-25-16)12-7-9-13(20)10-8-12/h3-10H,2,11H2,1H3,(H,21,23). The summed E-state index contributed by atoms with van der Waals surface area (Å²) in [5.41, 5.74) is 1.51. The summed E-state index contributed by atoms with van der Waals surface area (Å²) in [5, 5.41) is 16.2. The predicted molar refractivity (Wildman–Crippen MR) is 110 cm³/mol. The fourth-order valence-corrected chi connectivity index (χ4v) is 4.04. The molecule has 0 aliphatic rings. The maximum absolute atomic E-state index is 13.0. The maximum Gasteiger partial charge on any atom is 0.257 e. The lowest BCUT2D eigenvalue weighted by molar-refractivity contribution is 0.342. The van der Waals surface area contributed by atoms with Crippen LogP contribution < -0.4 is 10.1 Å². The molecule has 0 fully saturated rings. The lowest BCUT2D eigenvalue weighted by Gasteiger charge is -2.09. The van der Waals surface area contributed by atoms with E-state index in [1.54, 1.807) is 12.1 Å². The molecule has 148 valence electrons. The first-order chi connectivity index (χ1) is 14.2. The molecule has 0 aliphatic heterocycles. The van der Waals surface area contributed by atoms with Gasteiger partial charge in [-0.1, -0.05) is 40.4 Å². The van der Waals surface area contributed by atoms with Crippen molar-refractivity contribution in [3.05, 3.63) is 60.2 Å². The van der Waals surface area contributed by atoms with Crippen molar-refractivity contribution in [2.24, 2.45) is 0 Å². The number of nitrogens with one attached hydrogen (secondary N) is 1. The molecular formula is C19H16FN5O2S2. The minimum atomic E-state index is -0.311. The van der Waals surface area contributed by atoms with E-state index < -0.39 is 0 Å². The minimum Gasteiger partial charge on any atom is -0.492 e. The maximum atomic E-state index is 13.0. The van der Waals surface area contributed by atoms with Gasteiger partial charge in [0.05, 0.1) is 18.0 Å². The van der Waals surface area contributed by atoms with Gasteiger partial charge in [0.15, 0.2) is 10.2 Å². The zero-order chi connectivity index (χ0) is 20.1. The number of aromatic nitrogens is 4. The molecule has 7 nitrogen and oxygen atoms in total. The van der Waals surface area contributed by atoms with Gasteiger partial charge in [0.25, 0.3) is 5.89 Å². The van der Waals surface area contributed by atoms with E-state index in [1.165, 1.54) is 35.2 Å². The number of ether oxygens (including phenoxy) is 1. The number of halogens is 1. The fourth-order valence-electron chi connectivity index (χ4n) is 2.43. The van der Waals surface area contributed by atoms with Crippen molar-refractivity contribution in [2.75, 3.05) is 11.9 Å². The largest absolute Gasteiger partial charge is 0.492 e. The monoisotopic (exact) mass is 429 g/mol. The van der Waals surface area contributed by atoms with E-state index in [1.807, 2.05) is 31.2 Å². The minimum absolute atomic E-state index is 0.311. The van der Waals surface area contributed by atoms with Crippen molar-refractivity contribution in [1.82, 2.24) is 20.3 Å². The molecule has 0 saturated carbocycles. The van der Waals surface area contributed by atoms with Crippen LogP contribution in [0.5, 0.6) is 5.75 Å². The van der Waals surface area contributed by atoms with Crippen LogP contribution in [0.2, 0.25) is 0 Å². The summed E-state index contributed by atoms with van der Waals surface area (Å²) in [7, 11) is 0. The molecule has 0 bridgehead atoms. The first-order valence-electron chi connectivity index (χ1n) is 8.75. The molecule has 0 radical (unpaired) electrons. The zero-order valence-electron chi connectivity index (χ0n) is 15.3. The molecule has 0 aliphatic carbocycles. The Morgan fingerprint density at radius 2 is 1.97 bits per heavy atom. The third-order valence-corrected chi connectivity index (χ3v) is 5.69. The third-order valence-electron chi connectivity index (χ3n) is 3.72. The van der Waals surface area contributed by atoms with Crippen molar-refractivity contribution in [2.45, 2.75) is 17.0 Å². The Kier molecular flexibility index (Phi) is 6.01. The van der Waals surface area contributed by atoms with Gasteiger partial charge in [-0.05, 0) is 43.3 Å². The van der Waals surface area contributed by atoms with Gasteiger partial charge < -0.3 is 14.6 Å².